The van der Waals surface area contributed by atoms with Gasteiger partial charge in [-0.1, -0.05) is 12.1 Å². The molecule has 6 nitrogen and oxygen atoms in total. The number of anilines is 2. The van der Waals surface area contributed by atoms with Crippen molar-refractivity contribution in [2.45, 2.75) is 33.1 Å². The van der Waals surface area contributed by atoms with Crippen molar-refractivity contribution >= 4 is 34.0 Å². The fraction of sp³-hybridized carbons (Fsp3) is 0.261. The van der Waals surface area contributed by atoms with Crippen molar-refractivity contribution in [1.82, 2.24) is 4.98 Å². The summed E-state index contributed by atoms with van der Waals surface area (Å²) in [5.74, 6) is -0.0781. The molecule has 8 heteroatoms. The molecule has 0 bridgehead atoms. The van der Waals surface area contributed by atoms with Gasteiger partial charge in [-0.3, -0.25) is 9.59 Å². The van der Waals surface area contributed by atoms with Gasteiger partial charge in [0.15, 0.2) is 5.13 Å². The second-order valence-electron chi connectivity index (χ2n) is 7.08. The van der Waals surface area contributed by atoms with E-state index >= 15 is 0 Å². The molecule has 0 saturated heterocycles. The molecule has 3 aromatic rings. The predicted molar refractivity (Wildman–Crippen MR) is 121 cm³/mol. The van der Waals surface area contributed by atoms with Crippen LogP contribution in [0.2, 0.25) is 0 Å². The molecule has 31 heavy (non-hydrogen) atoms. The molecule has 0 spiro atoms. The number of ether oxygens (including phenoxy) is 1. The van der Waals surface area contributed by atoms with Gasteiger partial charge in [-0.2, -0.15) is 0 Å². The Kier molecular flexibility index (Phi) is 7.72. The van der Waals surface area contributed by atoms with E-state index in [1.807, 2.05) is 31.2 Å². The molecule has 1 aromatic heterocycles. The summed E-state index contributed by atoms with van der Waals surface area (Å²) in [6, 6.07) is 12.2. The van der Waals surface area contributed by atoms with Gasteiger partial charge in [0.25, 0.3) is 0 Å². The summed E-state index contributed by atoms with van der Waals surface area (Å²) < 4.78 is 20.0. The number of hydrogen-bond acceptors (Lipinski definition) is 5. The Morgan fingerprint density at radius 1 is 1.13 bits per heavy atom. The highest BCUT2D eigenvalue weighted by molar-refractivity contribution is 7.14. The number of thiazole rings is 1. The second-order valence-corrected chi connectivity index (χ2v) is 7.94. The predicted octanol–water partition coefficient (Wildman–Crippen LogP) is 5.40. The van der Waals surface area contributed by atoms with Crippen LogP contribution < -0.4 is 15.4 Å². The molecule has 0 aliphatic heterocycles. The Morgan fingerprint density at radius 3 is 2.71 bits per heavy atom. The van der Waals surface area contributed by atoms with Crippen molar-refractivity contribution in [3.8, 4) is 17.0 Å². The molecule has 2 aromatic carbocycles. The van der Waals surface area contributed by atoms with Gasteiger partial charge in [0.1, 0.15) is 11.6 Å². The maximum Gasteiger partial charge on any atom is 0.226 e. The van der Waals surface area contributed by atoms with E-state index in [-0.39, 0.29) is 11.8 Å². The quantitative estimate of drug-likeness (QED) is 0.436. The Labute approximate surface area is 184 Å². The summed E-state index contributed by atoms with van der Waals surface area (Å²) in [5.41, 5.74) is 2.25. The summed E-state index contributed by atoms with van der Waals surface area (Å²) in [5, 5.41) is 7.39. The standard InChI is InChI=1S/C23H24FN3O3S/c1-15-6-5-7-18(12-15)30-11-4-3-8-22(29)27-23-26-21(14-31-23)19-10-9-17(13-20(19)24)25-16(2)28/h5-7,9-10,12-14H,3-4,8,11H2,1-2H3,(H,25,28)(H,26,27,29). The molecule has 0 saturated carbocycles. The maximum atomic E-state index is 14.4. The largest absolute Gasteiger partial charge is 0.494 e. The fourth-order valence-electron chi connectivity index (χ4n) is 2.92. The normalized spacial score (nSPS) is 10.5. The van der Waals surface area contributed by atoms with Crippen LogP contribution >= 0.6 is 11.3 Å². The third-order valence-corrected chi connectivity index (χ3v) is 5.13. The van der Waals surface area contributed by atoms with Gasteiger partial charge in [-0.05, 0) is 55.7 Å². The second kappa shape index (κ2) is 10.7. The summed E-state index contributed by atoms with van der Waals surface area (Å²) in [6.45, 7) is 3.92. The molecule has 1 heterocycles. The molecular formula is C23H24FN3O3S. The van der Waals surface area contributed by atoms with Crippen molar-refractivity contribution in [3.05, 3.63) is 59.2 Å². The monoisotopic (exact) mass is 441 g/mol. The van der Waals surface area contributed by atoms with Gasteiger partial charge in [0, 0.05) is 30.0 Å². The number of benzene rings is 2. The number of halogens is 1. The van der Waals surface area contributed by atoms with E-state index in [0.29, 0.717) is 41.5 Å². The van der Waals surface area contributed by atoms with Crippen molar-refractivity contribution in [2.75, 3.05) is 17.2 Å². The average Bonchev–Trinajstić information content (AvgIpc) is 3.15. The number of rotatable bonds is 9. The number of nitrogens with one attached hydrogen (secondary N) is 2. The third kappa shape index (κ3) is 6.89. The van der Waals surface area contributed by atoms with Gasteiger partial charge in [0.2, 0.25) is 11.8 Å². The van der Waals surface area contributed by atoms with Gasteiger partial charge in [0.05, 0.1) is 12.3 Å². The topological polar surface area (TPSA) is 80.3 Å². The molecule has 0 fully saturated rings. The number of carbonyl (C=O) groups is 2. The molecule has 0 aliphatic rings. The van der Waals surface area contributed by atoms with Crippen LogP contribution in [0.5, 0.6) is 5.75 Å². The molecule has 162 valence electrons. The van der Waals surface area contributed by atoms with E-state index < -0.39 is 5.82 Å². The lowest BCUT2D eigenvalue weighted by molar-refractivity contribution is -0.116. The number of carbonyl (C=O) groups excluding carboxylic acids is 2. The van der Waals surface area contributed by atoms with Crippen LogP contribution in [0.25, 0.3) is 11.3 Å². The summed E-state index contributed by atoms with van der Waals surface area (Å²) >= 11 is 1.23. The van der Waals surface area contributed by atoms with E-state index in [0.717, 1.165) is 17.7 Å². The van der Waals surface area contributed by atoms with Crippen LogP contribution in [0.1, 0.15) is 31.7 Å². The number of hydrogen-bond donors (Lipinski definition) is 2. The first-order valence-corrected chi connectivity index (χ1v) is 10.8. The van der Waals surface area contributed by atoms with Crippen LogP contribution in [0.3, 0.4) is 0 Å². The van der Waals surface area contributed by atoms with Crippen molar-refractivity contribution in [1.29, 1.82) is 0 Å². The average molecular weight is 442 g/mol. The molecular weight excluding hydrogens is 417 g/mol. The molecule has 0 atom stereocenters. The Morgan fingerprint density at radius 2 is 1.97 bits per heavy atom. The first kappa shape index (κ1) is 22.4. The zero-order valence-corrected chi connectivity index (χ0v) is 18.2. The van der Waals surface area contributed by atoms with Crippen LogP contribution in [0.4, 0.5) is 15.2 Å². The minimum atomic E-state index is -0.497. The molecule has 0 aliphatic carbocycles. The summed E-state index contributed by atoms with van der Waals surface area (Å²) in [4.78, 5) is 27.5. The zero-order chi connectivity index (χ0) is 22.2. The first-order chi connectivity index (χ1) is 14.9. The smallest absolute Gasteiger partial charge is 0.226 e. The highest BCUT2D eigenvalue weighted by Gasteiger charge is 2.12. The zero-order valence-electron chi connectivity index (χ0n) is 17.4. The van der Waals surface area contributed by atoms with Crippen LogP contribution in [-0.4, -0.2) is 23.4 Å². The first-order valence-electron chi connectivity index (χ1n) is 9.93. The van der Waals surface area contributed by atoms with Crippen molar-refractivity contribution in [3.63, 3.8) is 0 Å². The Hall–Kier alpha value is -3.26. The summed E-state index contributed by atoms with van der Waals surface area (Å²) in [6.07, 6.45) is 1.80. The molecule has 3 rings (SSSR count). The number of unbranched alkanes of at least 4 members (excludes halogenated alkanes) is 1. The Balaban J connectivity index is 1.45. The van der Waals surface area contributed by atoms with E-state index in [9.17, 15) is 14.0 Å². The fourth-order valence-corrected chi connectivity index (χ4v) is 3.65. The highest BCUT2D eigenvalue weighted by Crippen LogP contribution is 2.28. The van der Waals surface area contributed by atoms with Crippen LogP contribution in [0.15, 0.2) is 47.8 Å². The number of aryl methyl sites for hydroxylation is 1. The summed E-state index contributed by atoms with van der Waals surface area (Å²) in [7, 11) is 0. The molecule has 0 unspecified atom stereocenters. The third-order valence-electron chi connectivity index (χ3n) is 4.37. The molecule has 2 N–H and O–H groups in total. The van der Waals surface area contributed by atoms with Crippen molar-refractivity contribution < 1.29 is 18.7 Å². The number of nitrogens with zero attached hydrogens (tertiary/aromatic N) is 1. The number of aromatic nitrogens is 1. The Bertz CT molecular complexity index is 1070. The lowest BCUT2D eigenvalue weighted by atomic mass is 10.1. The SMILES string of the molecule is CC(=O)Nc1ccc(-c2csc(NC(=O)CCCCOc3cccc(C)c3)n2)c(F)c1. The lowest BCUT2D eigenvalue weighted by Crippen LogP contribution is -2.11. The van der Waals surface area contributed by atoms with E-state index in [1.165, 1.54) is 24.3 Å². The molecule has 0 radical (unpaired) electrons. The van der Waals surface area contributed by atoms with Crippen LogP contribution in [-0.2, 0) is 9.59 Å². The van der Waals surface area contributed by atoms with E-state index in [4.69, 9.17) is 4.74 Å². The molecule has 2 amide bonds. The van der Waals surface area contributed by atoms with Gasteiger partial charge in [-0.15, -0.1) is 11.3 Å². The minimum Gasteiger partial charge on any atom is -0.494 e. The van der Waals surface area contributed by atoms with E-state index in [1.54, 1.807) is 17.5 Å². The van der Waals surface area contributed by atoms with Gasteiger partial charge < -0.3 is 15.4 Å². The van der Waals surface area contributed by atoms with Crippen molar-refractivity contribution in [2.24, 2.45) is 0 Å². The van der Waals surface area contributed by atoms with Gasteiger partial charge >= 0.3 is 0 Å². The minimum absolute atomic E-state index is 0.141. The maximum absolute atomic E-state index is 14.4. The van der Waals surface area contributed by atoms with E-state index in [2.05, 4.69) is 15.6 Å². The van der Waals surface area contributed by atoms with Crippen LogP contribution in [0, 0.1) is 12.7 Å². The number of amides is 2. The lowest BCUT2D eigenvalue weighted by Gasteiger charge is -2.06. The van der Waals surface area contributed by atoms with Gasteiger partial charge in [-0.25, -0.2) is 9.37 Å². The highest BCUT2D eigenvalue weighted by atomic mass is 32.1.